The van der Waals surface area contributed by atoms with Gasteiger partial charge in [-0.3, -0.25) is 4.90 Å². The van der Waals surface area contributed by atoms with Crippen molar-refractivity contribution in [1.82, 2.24) is 4.90 Å². The van der Waals surface area contributed by atoms with Crippen molar-refractivity contribution in [2.45, 2.75) is 12.5 Å². The first-order valence-electron chi connectivity index (χ1n) is 6.46. The van der Waals surface area contributed by atoms with Crippen molar-refractivity contribution in [2.24, 2.45) is 0 Å². The van der Waals surface area contributed by atoms with Crippen LogP contribution >= 0.6 is 11.6 Å². The monoisotopic (exact) mass is 269 g/mol. The van der Waals surface area contributed by atoms with Gasteiger partial charge in [0.25, 0.3) is 0 Å². The molecule has 0 aromatic heterocycles. The Morgan fingerprint density at radius 3 is 2.94 bits per heavy atom. The summed E-state index contributed by atoms with van der Waals surface area (Å²) in [5.74, 6) is 1.58. The molecule has 0 N–H and O–H groups in total. The Balaban J connectivity index is 1.65. The van der Waals surface area contributed by atoms with E-state index in [1.165, 1.54) is 0 Å². The first kappa shape index (κ1) is 13.7. The molecule has 0 bridgehead atoms. The Labute approximate surface area is 114 Å². The summed E-state index contributed by atoms with van der Waals surface area (Å²) in [5, 5.41) is 0. The first-order chi connectivity index (χ1) is 8.90. The van der Waals surface area contributed by atoms with E-state index in [4.69, 9.17) is 21.1 Å². The molecule has 1 heterocycles. The molecule has 1 unspecified atom stereocenters. The van der Waals surface area contributed by atoms with E-state index in [1.54, 1.807) is 0 Å². The molecular weight excluding hydrogens is 250 g/mol. The van der Waals surface area contributed by atoms with E-state index >= 15 is 0 Å². The third-order valence-electron chi connectivity index (χ3n) is 3.13. The topological polar surface area (TPSA) is 21.7 Å². The highest BCUT2D eigenvalue weighted by molar-refractivity contribution is 6.18. The van der Waals surface area contributed by atoms with E-state index in [-0.39, 0.29) is 0 Å². The van der Waals surface area contributed by atoms with Crippen LogP contribution < -0.4 is 4.74 Å². The molecule has 0 saturated carbocycles. The summed E-state index contributed by atoms with van der Waals surface area (Å²) in [6, 6.07) is 10.3. The zero-order chi connectivity index (χ0) is 12.6. The molecule has 1 fully saturated rings. The standard InChI is InChI=1S/C14H20ClNO2/c15-11-13-12-17-10-8-16(13)7-4-9-18-14-5-2-1-3-6-14/h1-3,5-6,13H,4,7-12H2. The zero-order valence-electron chi connectivity index (χ0n) is 10.6. The Kier molecular flexibility index (Phi) is 5.78. The summed E-state index contributed by atoms with van der Waals surface area (Å²) in [4.78, 5) is 2.39. The van der Waals surface area contributed by atoms with E-state index in [9.17, 15) is 0 Å². The van der Waals surface area contributed by atoms with Crippen molar-refractivity contribution < 1.29 is 9.47 Å². The van der Waals surface area contributed by atoms with Crippen LogP contribution in [-0.4, -0.2) is 49.7 Å². The van der Waals surface area contributed by atoms with Crippen LogP contribution in [0.2, 0.25) is 0 Å². The highest BCUT2D eigenvalue weighted by Gasteiger charge is 2.21. The van der Waals surface area contributed by atoms with Gasteiger partial charge in [0, 0.05) is 25.0 Å². The number of halogens is 1. The van der Waals surface area contributed by atoms with Crippen molar-refractivity contribution in [1.29, 1.82) is 0 Å². The normalized spacial score (nSPS) is 20.8. The maximum Gasteiger partial charge on any atom is 0.119 e. The number of morpholine rings is 1. The van der Waals surface area contributed by atoms with Gasteiger partial charge in [-0.05, 0) is 18.6 Å². The third-order valence-corrected chi connectivity index (χ3v) is 3.49. The molecule has 1 aliphatic heterocycles. The van der Waals surface area contributed by atoms with Gasteiger partial charge >= 0.3 is 0 Å². The van der Waals surface area contributed by atoms with E-state index in [1.807, 2.05) is 30.3 Å². The fourth-order valence-electron chi connectivity index (χ4n) is 2.10. The summed E-state index contributed by atoms with van der Waals surface area (Å²) >= 11 is 5.93. The molecule has 4 heteroatoms. The Hall–Kier alpha value is -0.770. The Morgan fingerprint density at radius 2 is 2.17 bits per heavy atom. The van der Waals surface area contributed by atoms with Gasteiger partial charge in [-0.15, -0.1) is 11.6 Å². The molecule has 1 atom stereocenters. The second-order valence-electron chi connectivity index (χ2n) is 4.43. The van der Waals surface area contributed by atoms with Crippen LogP contribution in [0, 0.1) is 0 Å². The molecule has 0 radical (unpaired) electrons. The zero-order valence-corrected chi connectivity index (χ0v) is 11.3. The summed E-state index contributed by atoms with van der Waals surface area (Å²) < 4.78 is 11.1. The lowest BCUT2D eigenvalue weighted by atomic mass is 10.2. The minimum atomic E-state index is 0.358. The predicted molar refractivity (Wildman–Crippen MR) is 73.5 cm³/mol. The van der Waals surface area contributed by atoms with Crippen LogP contribution in [0.25, 0.3) is 0 Å². The van der Waals surface area contributed by atoms with Gasteiger partial charge in [-0.1, -0.05) is 18.2 Å². The fraction of sp³-hybridized carbons (Fsp3) is 0.571. The highest BCUT2D eigenvalue weighted by atomic mass is 35.5. The van der Waals surface area contributed by atoms with Crippen molar-refractivity contribution in [3.63, 3.8) is 0 Å². The average molecular weight is 270 g/mol. The summed E-state index contributed by atoms with van der Waals surface area (Å²) in [7, 11) is 0. The minimum Gasteiger partial charge on any atom is -0.494 e. The van der Waals surface area contributed by atoms with E-state index in [2.05, 4.69) is 4.90 Å². The van der Waals surface area contributed by atoms with Gasteiger partial charge < -0.3 is 9.47 Å². The predicted octanol–water partition coefficient (Wildman–Crippen LogP) is 2.40. The SMILES string of the molecule is ClCC1COCCN1CCCOc1ccccc1. The number of ether oxygens (including phenoxy) is 2. The van der Waals surface area contributed by atoms with Gasteiger partial charge in [-0.2, -0.15) is 0 Å². The molecule has 1 aromatic carbocycles. The third kappa shape index (κ3) is 4.16. The molecule has 0 spiro atoms. The number of nitrogens with zero attached hydrogens (tertiary/aromatic N) is 1. The van der Waals surface area contributed by atoms with Gasteiger partial charge in [-0.25, -0.2) is 0 Å². The average Bonchev–Trinajstić information content (AvgIpc) is 2.45. The van der Waals surface area contributed by atoms with E-state index < -0.39 is 0 Å². The molecular formula is C14H20ClNO2. The lowest BCUT2D eigenvalue weighted by Gasteiger charge is -2.34. The van der Waals surface area contributed by atoms with Crippen LogP contribution in [0.5, 0.6) is 5.75 Å². The van der Waals surface area contributed by atoms with E-state index in [0.717, 1.165) is 45.1 Å². The summed E-state index contributed by atoms with van der Waals surface area (Å²) in [6.07, 6.45) is 1.02. The number of alkyl halides is 1. The lowest BCUT2D eigenvalue weighted by molar-refractivity contribution is -0.000702. The molecule has 0 amide bonds. The largest absolute Gasteiger partial charge is 0.494 e. The number of para-hydroxylation sites is 1. The Bertz CT molecular complexity index is 334. The quantitative estimate of drug-likeness (QED) is 0.585. The van der Waals surface area contributed by atoms with Gasteiger partial charge in [0.2, 0.25) is 0 Å². The highest BCUT2D eigenvalue weighted by Crippen LogP contribution is 2.11. The number of rotatable bonds is 6. The molecule has 0 aliphatic carbocycles. The number of benzene rings is 1. The van der Waals surface area contributed by atoms with Crippen LogP contribution in [0.15, 0.2) is 30.3 Å². The maximum atomic E-state index is 5.93. The second kappa shape index (κ2) is 7.62. The molecule has 1 aromatic rings. The van der Waals surface area contributed by atoms with Crippen molar-refractivity contribution in [3.05, 3.63) is 30.3 Å². The molecule has 3 nitrogen and oxygen atoms in total. The second-order valence-corrected chi connectivity index (χ2v) is 4.74. The summed E-state index contributed by atoms with van der Waals surface area (Å²) in [6.45, 7) is 4.31. The molecule has 18 heavy (non-hydrogen) atoms. The van der Waals surface area contributed by atoms with Crippen molar-refractivity contribution in [2.75, 3.05) is 38.8 Å². The molecule has 2 rings (SSSR count). The van der Waals surface area contributed by atoms with Gasteiger partial charge in [0.05, 0.1) is 19.8 Å². The lowest BCUT2D eigenvalue weighted by Crippen LogP contribution is -2.47. The summed E-state index contributed by atoms with van der Waals surface area (Å²) in [5.41, 5.74) is 0. The van der Waals surface area contributed by atoms with Crippen LogP contribution in [0.3, 0.4) is 0 Å². The van der Waals surface area contributed by atoms with Crippen molar-refractivity contribution >= 4 is 11.6 Å². The smallest absolute Gasteiger partial charge is 0.119 e. The fourth-order valence-corrected chi connectivity index (χ4v) is 2.38. The van der Waals surface area contributed by atoms with E-state index in [0.29, 0.717) is 11.9 Å². The minimum absolute atomic E-state index is 0.358. The Morgan fingerprint density at radius 1 is 1.33 bits per heavy atom. The van der Waals surface area contributed by atoms with Crippen LogP contribution in [0.1, 0.15) is 6.42 Å². The molecule has 100 valence electrons. The molecule has 1 aliphatic rings. The van der Waals surface area contributed by atoms with Crippen LogP contribution in [-0.2, 0) is 4.74 Å². The maximum absolute atomic E-state index is 5.93. The first-order valence-corrected chi connectivity index (χ1v) is 6.99. The number of hydrogen-bond donors (Lipinski definition) is 0. The molecule has 1 saturated heterocycles. The van der Waals surface area contributed by atoms with Crippen LogP contribution in [0.4, 0.5) is 0 Å². The van der Waals surface area contributed by atoms with Gasteiger partial charge in [0.15, 0.2) is 0 Å². The van der Waals surface area contributed by atoms with Crippen molar-refractivity contribution in [3.8, 4) is 5.75 Å². The van der Waals surface area contributed by atoms with Gasteiger partial charge in [0.1, 0.15) is 5.75 Å². The number of hydrogen-bond acceptors (Lipinski definition) is 3.